The maximum Gasteiger partial charge on any atom is 0.163 e. The number of aryl methyl sites for hydroxylation is 1. The zero-order valence-corrected chi connectivity index (χ0v) is 11.1. The molecule has 2 nitrogen and oxygen atoms in total. The van der Waals surface area contributed by atoms with Crippen molar-refractivity contribution in [2.45, 2.75) is 19.9 Å². The molecule has 102 valence electrons. The van der Waals surface area contributed by atoms with Crippen molar-refractivity contribution >= 4 is 11.0 Å². The summed E-state index contributed by atoms with van der Waals surface area (Å²) in [5.41, 5.74) is 2.15. The zero-order valence-electron chi connectivity index (χ0n) is 11.1. The number of hydrogen-bond donors (Lipinski definition) is 0. The third-order valence-corrected chi connectivity index (χ3v) is 3.41. The highest BCUT2D eigenvalue weighted by Gasteiger charge is 2.13. The second-order valence-corrected chi connectivity index (χ2v) is 4.67. The fourth-order valence-electron chi connectivity index (χ4n) is 2.41. The van der Waals surface area contributed by atoms with E-state index in [1.54, 1.807) is 6.07 Å². The standard InChI is InChI=1S/C16H14F2N2/c1-2-15-19-13-8-3-4-9-14(13)20(15)10-11-6-5-7-12(17)16(11)18/h3-9H,2,10H2,1H3. The van der Waals surface area contributed by atoms with Gasteiger partial charge in [0.05, 0.1) is 17.6 Å². The Morgan fingerprint density at radius 1 is 1.05 bits per heavy atom. The highest BCUT2D eigenvalue weighted by molar-refractivity contribution is 5.76. The van der Waals surface area contributed by atoms with E-state index in [0.717, 1.165) is 29.3 Å². The Morgan fingerprint density at radius 2 is 1.85 bits per heavy atom. The number of rotatable bonds is 3. The maximum absolute atomic E-state index is 13.8. The van der Waals surface area contributed by atoms with Crippen molar-refractivity contribution in [2.75, 3.05) is 0 Å². The number of nitrogens with zero attached hydrogens (tertiary/aromatic N) is 2. The molecule has 1 heterocycles. The minimum Gasteiger partial charge on any atom is -0.323 e. The first kappa shape index (κ1) is 12.8. The van der Waals surface area contributed by atoms with Crippen LogP contribution in [0.4, 0.5) is 8.78 Å². The van der Waals surface area contributed by atoms with Gasteiger partial charge in [0.15, 0.2) is 11.6 Å². The summed E-state index contributed by atoms with van der Waals surface area (Å²) < 4.78 is 29.1. The lowest BCUT2D eigenvalue weighted by Crippen LogP contribution is -2.06. The molecule has 3 rings (SSSR count). The summed E-state index contributed by atoms with van der Waals surface area (Å²) in [7, 11) is 0. The molecule has 20 heavy (non-hydrogen) atoms. The number of hydrogen-bond acceptors (Lipinski definition) is 1. The molecule has 0 aliphatic carbocycles. The number of para-hydroxylation sites is 2. The molecule has 4 heteroatoms. The van der Waals surface area contributed by atoms with Gasteiger partial charge in [-0.05, 0) is 18.2 Å². The van der Waals surface area contributed by atoms with E-state index in [9.17, 15) is 8.78 Å². The van der Waals surface area contributed by atoms with Gasteiger partial charge in [-0.25, -0.2) is 13.8 Å². The van der Waals surface area contributed by atoms with Gasteiger partial charge in [0, 0.05) is 12.0 Å². The van der Waals surface area contributed by atoms with E-state index in [0.29, 0.717) is 5.56 Å². The van der Waals surface area contributed by atoms with Crippen molar-refractivity contribution in [3.8, 4) is 0 Å². The lowest BCUT2D eigenvalue weighted by atomic mass is 10.2. The van der Waals surface area contributed by atoms with Crippen molar-refractivity contribution in [3.05, 3.63) is 65.5 Å². The molecular formula is C16H14F2N2. The van der Waals surface area contributed by atoms with E-state index in [1.165, 1.54) is 6.07 Å². The molecule has 0 N–H and O–H groups in total. The van der Waals surface area contributed by atoms with Crippen LogP contribution in [0.25, 0.3) is 11.0 Å². The van der Waals surface area contributed by atoms with Gasteiger partial charge < -0.3 is 4.57 Å². The average Bonchev–Trinajstić information content (AvgIpc) is 2.82. The summed E-state index contributed by atoms with van der Waals surface area (Å²) in [5.74, 6) is -0.729. The van der Waals surface area contributed by atoms with Gasteiger partial charge in [0.2, 0.25) is 0 Å². The molecule has 0 saturated heterocycles. The number of halogens is 2. The Balaban J connectivity index is 2.12. The van der Waals surface area contributed by atoms with Crippen LogP contribution in [0, 0.1) is 11.6 Å². The van der Waals surface area contributed by atoms with Gasteiger partial charge >= 0.3 is 0 Å². The summed E-state index contributed by atoms with van der Waals surface area (Å²) in [6.45, 7) is 2.28. The molecule has 0 spiro atoms. The first-order valence-electron chi connectivity index (χ1n) is 6.57. The summed E-state index contributed by atoms with van der Waals surface area (Å²) in [4.78, 5) is 4.53. The van der Waals surface area contributed by atoms with Gasteiger partial charge in [0.1, 0.15) is 5.82 Å². The summed E-state index contributed by atoms with van der Waals surface area (Å²) >= 11 is 0. The van der Waals surface area contributed by atoms with E-state index in [2.05, 4.69) is 4.98 Å². The van der Waals surface area contributed by atoms with Crippen LogP contribution >= 0.6 is 0 Å². The van der Waals surface area contributed by atoms with Gasteiger partial charge in [-0.2, -0.15) is 0 Å². The summed E-state index contributed by atoms with van der Waals surface area (Å²) in [5, 5.41) is 0. The smallest absolute Gasteiger partial charge is 0.163 e. The number of aromatic nitrogens is 2. The SMILES string of the molecule is CCc1nc2ccccc2n1Cc1cccc(F)c1F. The highest BCUT2D eigenvalue weighted by Crippen LogP contribution is 2.20. The average molecular weight is 272 g/mol. The first-order valence-corrected chi connectivity index (χ1v) is 6.57. The largest absolute Gasteiger partial charge is 0.323 e. The lowest BCUT2D eigenvalue weighted by Gasteiger charge is -2.09. The van der Waals surface area contributed by atoms with Crippen LogP contribution in [-0.4, -0.2) is 9.55 Å². The number of fused-ring (bicyclic) bond motifs is 1. The predicted molar refractivity (Wildman–Crippen MR) is 74.6 cm³/mol. The van der Waals surface area contributed by atoms with Crippen LogP contribution in [0.3, 0.4) is 0 Å². The molecule has 2 aromatic carbocycles. The molecule has 0 aliphatic rings. The third kappa shape index (κ3) is 2.07. The molecule has 0 unspecified atom stereocenters. The van der Waals surface area contributed by atoms with E-state index < -0.39 is 11.6 Å². The molecule has 0 radical (unpaired) electrons. The highest BCUT2D eigenvalue weighted by atomic mass is 19.2. The zero-order chi connectivity index (χ0) is 14.1. The summed E-state index contributed by atoms with van der Waals surface area (Å²) in [6.07, 6.45) is 0.742. The monoisotopic (exact) mass is 272 g/mol. The van der Waals surface area contributed by atoms with Crippen LogP contribution in [0.2, 0.25) is 0 Å². The Morgan fingerprint density at radius 3 is 2.65 bits per heavy atom. The minimum atomic E-state index is -0.815. The van der Waals surface area contributed by atoms with Crippen LogP contribution in [0.15, 0.2) is 42.5 Å². The third-order valence-electron chi connectivity index (χ3n) is 3.41. The minimum absolute atomic E-state index is 0.285. The van der Waals surface area contributed by atoms with Gasteiger partial charge in [0.25, 0.3) is 0 Å². The molecule has 0 bridgehead atoms. The van der Waals surface area contributed by atoms with Crippen molar-refractivity contribution in [2.24, 2.45) is 0 Å². The quantitative estimate of drug-likeness (QED) is 0.706. The first-order chi connectivity index (χ1) is 9.70. The van der Waals surface area contributed by atoms with Crippen molar-refractivity contribution < 1.29 is 8.78 Å². The Bertz CT molecular complexity index is 762. The Kier molecular flexibility index (Phi) is 3.22. The maximum atomic E-state index is 13.8. The molecular weight excluding hydrogens is 258 g/mol. The van der Waals surface area contributed by atoms with E-state index in [1.807, 2.05) is 35.8 Å². The molecule has 0 aliphatic heterocycles. The molecule has 0 amide bonds. The lowest BCUT2D eigenvalue weighted by molar-refractivity contribution is 0.495. The van der Waals surface area contributed by atoms with E-state index >= 15 is 0 Å². The molecule has 0 fully saturated rings. The normalized spacial score (nSPS) is 11.2. The molecule has 0 saturated carbocycles. The Hall–Kier alpha value is -2.23. The van der Waals surface area contributed by atoms with Gasteiger partial charge in [-0.1, -0.05) is 31.2 Å². The molecule has 3 aromatic rings. The Labute approximate surface area is 115 Å². The van der Waals surface area contributed by atoms with Crippen LogP contribution < -0.4 is 0 Å². The van der Waals surface area contributed by atoms with Gasteiger partial charge in [-0.15, -0.1) is 0 Å². The second kappa shape index (κ2) is 5.04. The second-order valence-electron chi connectivity index (χ2n) is 4.67. The fourth-order valence-corrected chi connectivity index (χ4v) is 2.41. The van der Waals surface area contributed by atoms with Crippen molar-refractivity contribution in [3.63, 3.8) is 0 Å². The van der Waals surface area contributed by atoms with Gasteiger partial charge in [-0.3, -0.25) is 0 Å². The van der Waals surface area contributed by atoms with E-state index in [4.69, 9.17) is 0 Å². The molecule has 0 atom stereocenters. The topological polar surface area (TPSA) is 17.8 Å². The number of benzene rings is 2. The van der Waals surface area contributed by atoms with Crippen LogP contribution in [0.1, 0.15) is 18.3 Å². The van der Waals surface area contributed by atoms with Crippen molar-refractivity contribution in [1.29, 1.82) is 0 Å². The van der Waals surface area contributed by atoms with E-state index in [-0.39, 0.29) is 6.54 Å². The van der Waals surface area contributed by atoms with Crippen LogP contribution in [0.5, 0.6) is 0 Å². The predicted octanol–water partition coefficient (Wildman–Crippen LogP) is 3.93. The fraction of sp³-hybridized carbons (Fsp3) is 0.188. The summed E-state index contributed by atoms with van der Waals surface area (Å²) in [6, 6.07) is 12.0. The molecule has 1 aromatic heterocycles. The van der Waals surface area contributed by atoms with Crippen molar-refractivity contribution in [1.82, 2.24) is 9.55 Å². The number of imidazole rings is 1. The van der Waals surface area contributed by atoms with Crippen LogP contribution in [-0.2, 0) is 13.0 Å².